The maximum Gasteiger partial charge on any atom is 0.340 e. The molecule has 27 heavy (non-hydrogen) atoms. The molecular formula is C23H21NO3. The molecule has 0 radical (unpaired) electrons. The van der Waals surface area contributed by atoms with Crippen molar-refractivity contribution in [2.75, 3.05) is 11.9 Å². The smallest absolute Gasteiger partial charge is 0.340 e. The van der Waals surface area contributed by atoms with Crippen LogP contribution in [0.4, 0.5) is 5.69 Å². The first kappa shape index (κ1) is 18.4. The third kappa shape index (κ3) is 4.82. The number of hydrogen-bond acceptors (Lipinski definition) is 3. The van der Waals surface area contributed by atoms with Gasteiger partial charge in [-0.3, -0.25) is 4.79 Å². The van der Waals surface area contributed by atoms with Gasteiger partial charge in [0.05, 0.1) is 24.3 Å². The summed E-state index contributed by atoms with van der Waals surface area (Å²) < 4.78 is 5.03. The molecule has 0 aliphatic rings. The van der Waals surface area contributed by atoms with Crippen molar-refractivity contribution in [3.63, 3.8) is 0 Å². The molecule has 0 atom stereocenters. The molecule has 0 saturated carbocycles. The van der Waals surface area contributed by atoms with Crippen LogP contribution in [0.3, 0.4) is 0 Å². The van der Waals surface area contributed by atoms with E-state index in [4.69, 9.17) is 4.74 Å². The van der Waals surface area contributed by atoms with E-state index < -0.39 is 5.97 Å². The predicted octanol–water partition coefficient (Wildman–Crippen LogP) is 4.71. The summed E-state index contributed by atoms with van der Waals surface area (Å²) in [6.45, 7) is 2.03. The molecule has 3 aromatic carbocycles. The molecule has 1 amide bonds. The molecular weight excluding hydrogens is 338 g/mol. The van der Waals surface area contributed by atoms with E-state index in [2.05, 4.69) is 5.32 Å². The average Bonchev–Trinajstić information content (AvgIpc) is 2.70. The van der Waals surface area contributed by atoms with E-state index in [-0.39, 0.29) is 18.9 Å². The fraction of sp³-hybridized carbons (Fsp3) is 0.130. The lowest BCUT2D eigenvalue weighted by atomic mass is 10.0. The number of para-hydroxylation sites is 1. The highest BCUT2D eigenvalue weighted by atomic mass is 16.5. The number of nitrogens with one attached hydrogen (secondary N) is 1. The van der Waals surface area contributed by atoms with Gasteiger partial charge in [0.2, 0.25) is 5.91 Å². The number of rotatable bonds is 6. The number of amides is 1. The van der Waals surface area contributed by atoms with E-state index in [9.17, 15) is 9.59 Å². The van der Waals surface area contributed by atoms with Crippen LogP contribution in [0.25, 0.3) is 11.1 Å². The minimum Gasteiger partial charge on any atom is -0.462 e. The molecule has 0 fully saturated rings. The maximum atomic E-state index is 12.4. The van der Waals surface area contributed by atoms with Crippen LogP contribution in [-0.4, -0.2) is 18.5 Å². The molecule has 0 bridgehead atoms. The monoisotopic (exact) mass is 359 g/mol. The lowest BCUT2D eigenvalue weighted by Crippen LogP contribution is -2.17. The molecule has 0 heterocycles. The van der Waals surface area contributed by atoms with Crippen molar-refractivity contribution < 1.29 is 14.3 Å². The Labute approximate surface area is 158 Å². The summed E-state index contributed by atoms with van der Waals surface area (Å²) in [5, 5.41) is 2.80. The fourth-order valence-corrected chi connectivity index (χ4v) is 2.80. The van der Waals surface area contributed by atoms with Crippen molar-refractivity contribution >= 4 is 17.6 Å². The quantitative estimate of drug-likeness (QED) is 0.649. The Morgan fingerprint density at radius 1 is 0.815 bits per heavy atom. The van der Waals surface area contributed by atoms with E-state index in [1.807, 2.05) is 54.6 Å². The summed E-state index contributed by atoms with van der Waals surface area (Å²) in [5.74, 6) is -0.625. The van der Waals surface area contributed by atoms with Gasteiger partial charge in [0.25, 0.3) is 0 Å². The van der Waals surface area contributed by atoms with Crippen LogP contribution in [0.2, 0.25) is 0 Å². The predicted molar refractivity (Wildman–Crippen MR) is 107 cm³/mol. The number of carbonyl (C=O) groups is 2. The van der Waals surface area contributed by atoms with Gasteiger partial charge in [0.1, 0.15) is 0 Å². The van der Waals surface area contributed by atoms with E-state index >= 15 is 0 Å². The lowest BCUT2D eigenvalue weighted by Gasteiger charge is -2.10. The highest BCUT2D eigenvalue weighted by Crippen LogP contribution is 2.20. The Morgan fingerprint density at radius 3 is 2.15 bits per heavy atom. The normalized spacial score (nSPS) is 10.3. The highest BCUT2D eigenvalue weighted by molar-refractivity contribution is 6.01. The van der Waals surface area contributed by atoms with Crippen LogP contribution in [0.15, 0.2) is 78.9 Å². The Balaban J connectivity index is 1.67. The van der Waals surface area contributed by atoms with Crippen molar-refractivity contribution in [1.29, 1.82) is 0 Å². The SMILES string of the molecule is CCOC(=O)c1ccccc1NC(=O)Cc1ccc(-c2ccccc2)cc1. The Kier molecular flexibility index (Phi) is 6.00. The van der Waals surface area contributed by atoms with Crippen LogP contribution < -0.4 is 5.32 Å². The van der Waals surface area contributed by atoms with Gasteiger partial charge in [0.15, 0.2) is 0 Å². The van der Waals surface area contributed by atoms with Crippen molar-refractivity contribution in [3.8, 4) is 11.1 Å². The van der Waals surface area contributed by atoms with Gasteiger partial charge < -0.3 is 10.1 Å². The molecule has 0 saturated heterocycles. The van der Waals surface area contributed by atoms with Gasteiger partial charge in [-0.25, -0.2) is 4.79 Å². The topological polar surface area (TPSA) is 55.4 Å². The second kappa shape index (κ2) is 8.81. The van der Waals surface area contributed by atoms with Gasteiger partial charge in [-0.15, -0.1) is 0 Å². The molecule has 1 N–H and O–H groups in total. The van der Waals surface area contributed by atoms with Gasteiger partial charge >= 0.3 is 5.97 Å². The first-order chi connectivity index (χ1) is 13.2. The molecule has 0 aromatic heterocycles. The number of carbonyl (C=O) groups excluding carboxylic acids is 2. The number of benzene rings is 3. The third-order valence-corrected chi connectivity index (χ3v) is 4.12. The van der Waals surface area contributed by atoms with E-state index in [0.717, 1.165) is 16.7 Å². The van der Waals surface area contributed by atoms with Gasteiger partial charge in [0, 0.05) is 0 Å². The highest BCUT2D eigenvalue weighted by Gasteiger charge is 2.14. The molecule has 0 spiro atoms. The van der Waals surface area contributed by atoms with Gasteiger partial charge in [-0.1, -0.05) is 66.7 Å². The molecule has 0 aliphatic carbocycles. The van der Waals surface area contributed by atoms with Crippen LogP contribution in [0, 0.1) is 0 Å². The fourth-order valence-electron chi connectivity index (χ4n) is 2.80. The van der Waals surface area contributed by atoms with Gasteiger partial charge in [-0.2, -0.15) is 0 Å². The van der Waals surface area contributed by atoms with Crippen molar-refractivity contribution in [1.82, 2.24) is 0 Å². The van der Waals surface area contributed by atoms with Crippen LogP contribution in [-0.2, 0) is 16.0 Å². The third-order valence-electron chi connectivity index (χ3n) is 4.12. The Hall–Kier alpha value is -3.40. The Bertz CT molecular complexity index is 918. The van der Waals surface area contributed by atoms with E-state index in [0.29, 0.717) is 11.3 Å². The number of hydrogen-bond donors (Lipinski definition) is 1. The number of anilines is 1. The summed E-state index contributed by atoms with van der Waals surface area (Å²) in [6.07, 6.45) is 0.228. The van der Waals surface area contributed by atoms with Gasteiger partial charge in [-0.05, 0) is 35.7 Å². The summed E-state index contributed by atoms with van der Waals surface area (Å²) >= 11 is 0. The average molecular weight is 359 g/mol. The Morgan fingerprint density at radius 2 is 1.44 bits per heavy atom. The van der Waals surface area contributed by atoms with Crippen LogP contribution in [0.1, 0.15) is 22.8 Å². The molecule has 4 heteroatoms. The summed E-state index contributed by atoms with van der Waals surface area (Å²) in [6, 6.07) is 24.8. The summed E-state index contributed by atoms with van der Waals surface area (Å²) in [5.41, 5.74) is 3.96. The van der Waals surface area contributed by atoms with Crippen molar-refractivity contribution in [2.45, 2.75) is 13.3 Å². The molecule has 136 valence electrons. The molecule has 0 aliphatic heterocycles. The number of ether oxygens (including phenoxy) is 1. The standard InChI is InChI=1S/C23H21NO3/c1-2-27-23(26)20-10-6-7-11-21(20)24-22(25)16-17-12-14-19(15-13-17)18-8-4-3-5-9-18/h3-15H,2,16H2,1H3,(H,24,25). The number of esters is 1. The zero-order valence-corrected chi connectivity index (χ0v) is 15.1. The lowest BCUT2D eigenvalue weighted by molar-refractivity contribution is -0.115. The molecule has 3 rings (SSSR count). The molecule has 3 aromatic rings. The summed E-state index contributed by atoms with van der Waals surface area (Å²) in [7, 11) is 0. The minimum absolute atomic E-state index is 0.181. The van der Waals surface area contributed by atoms with E-state index in [1.54, 1.807) is 31.2 Å². The second-order valence-electron chi connectivity index (χ2n) is 6.05. The van der Waals surface area contributed by atoms with Crippen molar-refractivity contribution in [3.05, 3.63) is 90.0 Å². The van der Waals surface area contributed by atoms with E-state index in [1.165, 1.54) is 0 Å². The zero-order chi connectivity index (χ0) is 19.1. The van der Waals surface area contributed by atoms with Crippen molar-refractivity contribution in [2.24, 2.45) is 0 Å². The zero-order valence-electron chi connectivity index (χ0n) is 15.1. The van der Waals surface area contributed by atoms with Crippen LogP contribution >= 0.6 is 0 Å². The molecule has 0 unspecified atom stereocenters. The minimum atomic E-state index is -0.444. The first-order valence-electron chi connectivity index (χ1n) is 8.87. The maximum absolute atomic E-state index is 12.4. The second-order valence-corrected chi connectivity index (χ2v) is 6.05. The summed E-state index contributed by atoms with van der Waals surface area (Å²) in [4.78, 5) is 24.4. The largest absolute Gasteiger partial charge is 0.462 e. The van der Waals surface area contributed by atoms with Crippen LogP contribution in [0.5, 0.6) is 0 Å². The first-order valence-corrected chi connectivity index (χ1v) is 8.87. The molecule has 4 nitrogen and oxygen atoms in total.